The first kappa shape index (κ1) is 16.6. The third kappa shape index (κ3) is 3.64. The van der Waals surface area contributed by atoms with Crippen LogP contribution in [0.5, 0.6) is 0 Å². The van der Waals surface area contributed by atoms with E-state index in [4.69, 9.17) is 9.52 Å². The van der Waals surface area contributed by atoms with Crippen LogP contribution in [-0.2, 0) is 13.0 Å². The van der Waals surface area contributed by atoms with Gasteiger partial charge in [0.2, 0.25) is 5.76 Å². The van der Waals surface area contributed by atoms with Gasteiger partial charge in [-0.2, -0.15) is 0 Å². The van der Waals surface area contributed by atoms with Gasteiger partial charge in [-0.25, -0.2) is 13.6 Å². The average Bonchev–Trinajstić information content (AvgIpc) is 3.02. The first-order valence-electron chi connectivity index (χ1n) is 7.99. The van der Waals surface area contributed by atoms with Crippen LogP contribution < -0.4 is 0 Å². The van der Waals surface area contributed by atoms with Crippen molar-refractivity contribution in [1.82, 2.24) is 4.90 Å². The lowest BCUT2D eigenvalue weighted by Gasteiger charge is -2.31. The zero-order valence-corrected chi connectivity index (χ0v) is 13.2. The predicted molar refractivity (Wildman–Crippen MR) is 83.7 cm³/mol. The largest absolute Gasteiger partial charge is 0.475 e. The molecule has 1 saturated heterocycles. The molecule has 0 unspecified atom stereocenters. The molecule has 1 aliphatic rings. The third-order valence-electron chi connectivity index (χ3n) is 4.58. The van der Waals surface area contributed by atoms with Crippen LogP contribution in [0.15, 0.2) is 34.9 Å². The number of carboxylic acid groups (broad SMARTS) is 1. The Kier molecular flexibility index (Phi) is 4.94. The predicted octanol–water partition coefficient (Wildman–Crippen LogP) is 3.71. The maximum atomic E-state index is 13.8. The van der Waals surface area contributed by atoms with Crippen LogP contribution in [-0.4, -0.2) is 29.1 Å². The topological polar surface area (TPSA) is 53.7 Å². The fraction of sp³-hybridized carbons (Fsp3) is 0.389. The van der Waals surface area contributed by atoms with Crippen molar-refractivity contribution < 1.29 is 23.1 Å². The summed E-state index contributed by atoms with van der Waals surface area (Å²) in [5.41, 5.74) is 1.09. The molecule has 1 aliphatic heterocycles. The summed E-state index contributed by atoms with van der Waals surface area (Å²) in [7, 11) is 0. The zero-order chi connectivity index (χ0) is 17.1. The molecule has 1 N–H and O–H groups in total. The van der Waals surface area contributed by atoms with E-state index in [0.29, 0.717) is 30.0 Å². The molecule has 2 aromatic rings. The number of piperidine rings is 1. The van der Waals surface area contributed by atoms with Gasteiger partial charge in [0.1, 0.15) is 0 Å². The van der Waals surface area contributed by atoms with E-state index >= 15 is 0 Å². The summed E-state index contributed by atoms with van der Waals surface area (Å²) in [6, 6.07) is 5.98. The van der Waals surface area contributed by atoms with Crippen LogP contribution in [0.2, 0.25) is 0 Å². The number of rotatable bonds is 5. The normalized spacial score (nSPS) is 16.4. The van der Waals surface area contributed by atoms with Crippen molar-refractivity contribution in [2.45, 2.75) is 25.8 Å². The van der Waals surface area contributed by atoms with Gasteiger partial charge >= 0.3 is 5.97 Å². The lowest BCUT2D eigenvalue weighted by molar-refractivity contribution is 0.0658. The lowest BCUT2D eigenvalue weighted by atomic mass is 9.90. The Hall–Kier alpha value is -2.21. The van der Waals surface area contributed by atoms with Gasteiger partial charge in [-0.05, 0) is 56.0 Å². The molecular weight excluding hydrogens is 316 g/mol. The monoisotopic (exact) mass is 335 g/mol. The van der Waals surface area contributed by atoms with Crippen molar-refractivity contribution in [2.24, 2.45) is 5.92 Å². The molecule has 1 fully saturated rings. The number of nitrogens with zero attached hydrogens (tertiary/aromatic N) is 1. The summed E-state index contributed by atoms with van der Waals surface area (Å²) in [6.07, 6.45) is 3.66. The molecule has 4 nitrogen and oxygen atoms in total. The van der Waals surface area contributed by atoms with E-state index in [1.807, 2.05) is 0 Å². The summed E-state index contributed by atoms with van der Waals surface area (Å²) in [6.45, 7) is 2.12. The van der Waals surface area contributed by atoms with E-state index in [1.165, 1.54) is 12.3 Å². The molecule has 6 heteroatoms. The molecule has 0 atom stereocenters. The van der Waals surface area contributed by atoms with Gasteiger partial charge in [-0.3, -0.25) is 4.90 Å². The van der Waals surface area contributed by atoms with Gasteiger partial charge in [0.05, 0.1) is 6.26 Å². The van der Waals surface area contributed by atoms with E-state index in [1.54, 1.807) is 12.1 Å². The molecule has 1 aromatic carbocycles. The van der Waals surface area contributed by atoms with Crippen LogP contribution >= 0.6 is 0 Å². The van der Waals surface area contributed by atoms with Gasteiger partial charge < -0.3 is 9.52 Å². The molecule has 0 aliphatic carbocycles. The number of hydrogen-bond donors (Lipinski definition) is 1. The van der Waals surface area contributed by atoms with E-state index in [-0.39, 0.29) is 5.76 Å². The second-order valence-electron chi connectivity index (χ2n) is 6.22. The summed E-state index contributed by atoms with van der Waals surface area (Å²) >= 11 is 0. The number of carbonyl (C=O) groups is 1. The molecular formula is C18H19F2NO3. The Bertz CT molecular complexity index is 721. The highest BCUT2D eigenvalue weighted by Crippen LogP contribution is 2.25. The molecule has 0 spiro atoms. The summed E-state index contributed by atoms with van der Waals surface area (Å²) in [5, 5.41) is 9.06. The minimum absolute atomic E-state index is 0.0149. The van der Waals surface area contributed by atoms with Gasteiger partial charge in [-0.1, -0.05) is 12.1 Å². The molecule has 128 valence electrons. The fourth-order valence-electron chi connectivity index (χ4n) is 3.25. The minimum Gasteiger partial charge on any atom is -0.475 e. The van der Waals surface area contributed by atoms with Crippen molar-refractivity contribution in [3.63, 3.8) is 0 Å². The molecule has 2 heterocycles. The maximum absolute atomic E-state index is 13.8. The molecule has 3 rings (SSSR count). The standard InChI is InChI=1S/C18H19F2NO3/c19-15-3-1-2-13(16(15)20)10-12-4-7-21(8-5-12)11-14-6-9-24-17(14)18(22)23/h1-3,6,9,12H,4-5,7-8,10-11H2,(H,22,23). The Balaban J connectivity index is 1.55. The van der Waals surface area contributed by atoms with Crippen LogP contribution in [0.3, 0.4) is 0 Å². The minimum atomic E-state index is -1.06. The van der Waals surface area contributed by atoms with E-state index in [9.17, 15) is 13.6 Å². The van der Waals surface area contributed by atoms with Crippen molar-refractivity contribution >= 4 is 5.97 Å². The molecule has 0 saturated carbocycles. The molecule has 1 aromatic heterocycles. The number of furan rings is 1. The average molecular weight is 335 g/mol. The van der Waals surface area contributed by atoms with Crippen LogP contribution in [0.1, 0.15) is 34.5 Å². The van der Waals surface area contributed by atoms with Gasteiger partial charge in [0, 0.05) is 12.1 Å². The summed E-state index contributed by atoms with van der Waals surface area (Å²) in [5.74, 6) is -2.32. The number of aromatic carboxylic acids is 1. The first-order valence-corrected chi connectivity index (χ1v) is 7.99. The van der Waals surface area contributed by atoms with E-state index < -0.39 is 17.6 Å². The van der Waals surface area contributed by atoms with Crippen LogP contribution in [0.25, 0.3) is 0 Å². The Morgan fingerprint density at radius 3 is 2.67 bits per heavy atom. The zero-order valence-electron chi connectivity index (χ0n) is 13.2. The lowest BCUT2D eigenvalue weighted by Crippen LogP contribution is -2.34. The van der Waals surface area contributed by atoms with Gasteiger partial charge in [0.15, 0.2) is 11.6 Å². The SMILES string of the molecule is O=C(O)c1occc1CN1CCC(Cc2cccc(F)c2F)CC1. The highest BCUT2D eigenvalue weighted by Gasteiger charge is 2.23. The second kappa shape index (κ2) is 7.13. The number of likely N-dealkylation sites (tertiary alicyclic amines) is 1. The Labute approximate surface area is 138 Å². The van der Waals surface area contributed by atoms with Crippen molar-refractivity contribution in [3.05, 3.63) is 59.1 Å². The second-order valence-corrected chi connectivity index (χ2v) is 6.22. The molecule has 0 amide bonds. The molecule has 0 radical (unpaired) electrons. The number of halogens is 2. The van der Waals surface area contributed by atoms with Crippen LogP contribution in [0, 0.1) is 17.6 Å². The summed E-state index contributed by atoms with van der Waals surface area (Å²) < 4.78 is 32.0. The van der Waals surface area contributed by atoms with Gasteiger partial charge in [-0.15, -0.1) is 0 Å². The van der Waals surface area contributed by atoms with E-state index in [0.717, 1.165) is 32.0 Å². The summed E-state index contributed by atoms with van der Waals surface area (Å²) in [4.78, 5) is 13.2. The maximum Gasteiger partial charge on any atom is 0.372 e. The highest BCUT2D eigenvalue weighted by atomic mass is 19.2. The first-order chi connectivity index (χ1) is 11.5. The third-order valence-corrected chi connectivity index (χ3v) is 4.58. The van der Waals surface area contributed by atoms with Crippen molar-refractivity contribution in [2.75, 3.05) is 13.1 Å². The number of carboxylic acids is 1. The fourth-order valence-corrected chi connectivity index (χ4v) is 3.25. The molecule has 24 heavy (non-hydrogen) atoms. The van der Waals surface area contributed by atoms with Gasteiger partial charge in [0.25, 0.3) is 0 Å². The quantitative estimate of drug-likeness (QED) is 0.905. The highest BCUT2D eigenvalue weighted by molar-refractivity contribution is 5.86. The van der Waals surface area contributed by atoms with Crippen LogP contribution in [0.4, 0.5) is 8.78 Å². The Morgan fingerprint density at radius 2 is 1.96 bits per heavy atom. The van der Waals surface area contributed by atoms with Crippen molar-refractivity contribution in [3.8, 4) is 0 Å². The Morgan fingerprint density at radius 1 is 1.21 bits per heavy atom. The van der Waals surface area contributed by atoms with E-state index in [2.05, 4.69) is 4.90 Å². The smallest absolute Gasteiger partial charge is 0.372 e. The molecule has 0 bridgehead atoms. The number of benzene rings is 1. The van der Waals surface area contributed by atoms with Crippen molar-refractivity contribution in [1.29, 1.82) is 0 Å². The number of hydrogen-bond acceptors (Lipinski definition) is 3.